The fourth-order valence-corrected chi connectivity index (χ4v) is 4.64. The Kier molecular flexibility index (Phi) is 4.53. The molecule has 3 unspecified atom stereocenters. The predicted octanol–water partition coefficient (Wildman–Crippen LogP) is 6.08. The quantitative estimate of drug-likeness (QED) is 0.519. The molecule has 4 nitrogen and oxygen atoms in total. The van der Waals surface area contributed by atoms with Crippen LogP contribution in [0.2, 0.25) is 0 Å². The molecule has 4 heteroatoms. The van der Waals surface area contributed by atoms with Crippen molar-refractivity contribution in [2.45, 2.75) is 39.5 Å². The van der Waals surface area contributed by atoms with Crippen LogP contribution in [-0.4, -0.2) is 11.1 Å². The van der Waals surface area contributed by atoms with Crippen LogP contribution in [0.3, 0.4) is 0 Å². The first-order chi connectivity index (χ1) is 13.8. The molecule has 2 aromatic heterocycles. The SMILES string of the molecule is CC(C)=CC1C(C)(C(=O)O)C1(C)c1ccoc1-c1coc(Cc2ccccc2)c1. The van der Waals surface area contributed by atoms with Gasteiger partial charge in [-0.15, -0.1) is 0 Å². The summed E-state index contributed by atoms with van der Waals surface area (Å²) in [4.78, 5) is 12.2. The van der Waals surface area contributed by atoms with Crippen LogP contribution in [-0.2, 0) is 16.6 Å². The first kappa shape index (κ1) is 19.3. The van der Waals surface area contributed by atoms with E-state index in [2.05, 4.69) is 18.2 Å². The minimum Gasteiger partial charge on any atom is -0.481 e. The molecule has 150 valence electrons. The number of hydrogen-bond acceptors (Lipinski definition) is 3. The lowest BCUT2D eigenvalue weighted by Gasteiger charge is -2.14. The van der Waals surface area contributed by atoms with Gasteiger partial charge in [0.1, 0.15) is 17.8 Å². The van der Waals surface area contributed by atoms with Gasteiger partial charge in [-0.25, -0.2) is 0 Å². The maximum absolute atomic E-state index is 12.2. The molecule has 0 radical (unpaired) electrons. The van der Waals surface area contributed by atoms with Crippen molar-refractivity contribution in [3.8, 4) is 11.3 Å². The molecule has 1 aliphatic carbocycles. The highest BCUT2D eigenvalue weighted by atomic mass is 16.4. The summed E-state index contributed by atoms with van der Waals surface area (Å²) in [7, 11) is 0. The molecule has 4 rings (SSSR count). The van der Waals surface area contributed by atoms with Gasteiger partial charge in [0.15, 0.2) is 0 Å². The lowest BCUT2D eigenvalue weighted by molar-refractivity contribution is -0.143. The molecule has 2 heterocycles. The zero-order chi connectivity index (χ0) is 20.8. The number of benzene rings is 1. The van der Waals surface area contributed by atoms with Gasteiger partial charge < -0.3 is 13.9 Å². The lowest BCUT2D eigenvalue weighted by atomic mass is 9.87. The standard InChI is InChI=1S/C25H26O4/c1-16(2)12-21-24(3,25(21,4)23(26)27)20-10-11-28-22(20)18-14-19(29-15-18)13-17-8-6-5-7-9-17/h5-12,14-15,21H,13H2,1-4H3,(H,26,27). The smallest absolute Gasteiger partial charge is 0.310 e. The van der Waals surface area contributed by atoms with Crippen molar-refractivity contribution in [1.82, 2.24) is 0 Å². The van der Waals surface area contributed by atoms with Gasteiger partial charge in [0.05, 0.1) is 17.2 Å². The van der Waals surface area contributed by atoms with Crippen molar-refractivity contribution in [3.05, 3.63) is 83.5 Å². The van der Waals surface area contributed by atoms with Crippen molar-refractivity contribution < 1.29 is 18.7 Å². The van der Waals surface area contributed by atoms with E-state index in [0.717, 1.165) is 22.5 Å². The summed E-state index contributed by atoms with van der Waals surface area (Å²) in [5.74, 6) is 0.653. The molecule has 1 fully saturated rings. The number of rotatable bonds is 6. The third kappa shape index (κ3) is 2.94. The van der Waals surface area contributed by atoms with E-state index in [1.807, 2.05) is 58.0 Å². The van der Waals surface area contributed by atoms with Crippen LogP contribution in [0.25, 0.3) is 11.3 Å². The second-order valence-electron chi connectivity index (χ2n) is 8.56. The average molecular weight is 390 g/mol. The highest BCUT2D eigenvalue weighted by molar-refractivity contribution is 5.85. The number of carboxylic acids is 1. The zero-order valence-corrected chi connectivity index (χ0v) is 17.2. The second kappa shape index (κ2) is 6.80. The Morgan fingerprint density at radius 3 is 2.52 bits per heavy atom. The summed E-state index contributed by atoms with van der Waals surface area (Å²) in [6, 6.07) is 14.0. The maximum atomic E-state index is 12.2. The van der Waals surface area contributed by atoms with Crippen molar-refractivity contribution in [3.63, 3.8) is 0 Å². The van der Waals surface area contributed by atoms with E-state index in [-0.39, 0.29) is 5.92 Å². The van der Waals surface area contributed by atoms with Crippen LogP contribution in [0.4, 0.5) is 0 Å². The van der Waals surface area contributed by atoms with Gasteiger partial charge in [0.25, 0.3) is 0 Å². The van der Waals surface area contributed by atoms with Gasteiger partial charge in [0.2, 0.25) is 0 Å². The van der Waals surface area contributed by atoms with Gasteiger partial charge in [-0.3, -0.25) is 4.79 Å². The summed E-state index contributed by atoms with van der Waals surface area (Å²) < 4.78 is 11.6. The van der Waals surface area contributed by atoms with Crippen LogP contribution >= 0.6 is 0 Å². The number of furan rings is 2. The topological polar surface area (TPSA) is 63.6 Å². The van der Waals surface area contributed by atoms with E-state index in [0.29, 0.717) is 12.2 Å². The Morgan fingerprint density at radius 2 is 1.86 bits per heavy atom. The molecule has 1 aromatic carbocycles. The highest BCUT2D eigenvalue weighted by Gasteiger charge is 2.76. The first-order valence-corrected chi connectivity index (χ1v) is 9.86. The minimum atomic E-state index is -0.875. The summed E-state index contributed by atoms with van der Waals surface area (Å²) in [5.41, 5.74) is 2.62. The number of aliphatic carboxylic acids is 1. The minimum absolute atomic E-state index is 0.0930. The second-order valence-corrected chi connectivity index (χ2v) is 8.56. The fraction of sp³-hybridized carbons (Fsp3) is 0.320. The van der Waals surface area contributed by atoms with Crippen molar-refractivity contribution >= 4 is 5.97 Å². The number of carbonyl (C=O) groups is 1. The van der Waals surface area contributed by atoms with Crippen LogP contribution < -0.4 is 0 Å². The van der Waals surface area contributed by atoms with Crippen LogP contribution in [0.5, 0.6) is 0 Å². The van der Waals surface area contributed by atoms with Gasteiger partial charge in [0, 0.05) is 23.3 Å². The van der Waals surface area contributed by atoms with Gasteiger partial charge >= 0.3 is 5.97 Å². The van der Waals surface area contributed by atoms with Crippen LogP contribution in [0.15, 0.2) is 75.5 Å². The molecule has 0 saturated heterocycles. The summed E-state index contributed by atoms with van der Waals surface area (Å²) in [6.07, 6.45) is 6.10. The van der Waals surface area contributed by atoms with E-state index < -0.39 is 16.8 Å². The predicted molar refractivity (Wildman–Crippen MR) is 112 cm³/mol. The lowest BCUT2D eigenvalue weighted by Crippen LogP contribution is -2.21. The van der Waals surface area contributed by atoms with E-state index in [9.17, 15) is 9.90 Å². The molecule has 29 heavy (non-hydrogen) atoms. The maximum Gasteiger partial charge on any atom is 0.310 e. The Bertz CT molecular complexity index is 1070. The van der Waals surface area contributed by atoms with Gasteiger partial charge in [-0.2, -0.15) is 0 Å². The van der Waals surface area contributed by atoms with E-state index in [4.69, 9.17) is 8.83 Å². The molecular weight excluding hydrogens is 364 g/mol. The molecule has 0 spiro atoms. The van der Waals surface area contributed by atoms with E-state index >= 15 is 0 Å². The molecule has 3 aromatic rings. The highest BCUT2D eigenvalue weighted by Crippen LogP contribution is 2.71. The van der Waals surface area contributed by atoms with Crippen LogP contribution in [0.1, 0.15) is 44.6 Å². The summed E-state index contributed by atoms with van der Waals surface area (Å²) in [5, 5.41) is 9.98. The third-order valence-electron chi connectivity index (χ3n) is 6.55. The molecule has 1 saturated carbocycles. The number of allylic oxidation sites excluding steroid dienone is 2. The summed E-state index contributed by atoms with van der Waals surface area (Å²) in [6.45, 7) is 7.85. The van der Waals surface area contributed by atoms with Crippen LogP contribution in [0, 0.1) is 11.3 Å². The Labute approximate surface area is 170 Å². The fourth-order valence-electron chi connectivity index (χ4n) is 4.64. The molecule has 0 amide bonds. The molecule has 1 aliphatic rings. The Balaban J connectivity index is 1.69. The third-order valence-corrected chi connectivity index (χ3v) is 6.55. The van der Waals surface area contributed by atoms with Crippen molar-refractivity contribution in [1.29, 1.82) is 0 Å². The summed E-state index contributed by atoms with van der Waals surface area (Å²) >= 11 is 0. The molecule has 0 aliphatic heterocycles. The molecule has 1 N–H and O–H groups in total. The van der Waals surface area contributed by atoms with E-state index in [1.54, 1.807) is 12.5 Å². The largest absolute Gasteiger partial charge is 0.481 e. The van der Waals surface area contributed by atoms with E-state index in [1.165, 1.54) is 5.56 Å². The first-order valence-electron chi connectivity index (χ1n) is 9.86. The van der Waals surface area contributed by atoms with Crippen molar-refractivity contribution in [2.75, 3.05) is 0 Å². The Morgan fingerprint density at radius 1 is 1.14 bits per heavy atom. The Hall–Kier alpha value is -3.01. The zero-order valence-electron chi connectivity index (χ0n) is 17.2. The van der Waals surface area contributed by atoms with Gasteiger partial charge in [-0.05, 0) is 38.5 Å². The molecular formula is C25H26O4. The number of hydrogen-bond donors (Lipinski definition) is 1. The van der Waals surface area contributed by atoms with Gasteiger partial charge in [-0.1, -0.05) is 48.9 Å². The number of carboxylic acid groups (broad SMARTS) is 1. The van der Waals surface area contributed by atoms with Crippen molar-refractivity contribution in [2.24, 2.45) is 11.3 Å². The molecule has 0 bridgehead atoms. The monoisotopic (exact) mass is 390 g/mol. The molecule has 3 atom stereocenters. The normalized spacial score (nSPS) is 25.6. The average Bonchev–Trinajstić information content (AvgIpc) is 3.16.